The lowest BCUT2D eigenvalue weighted by Gasteiger charge is -2.02. The Hall–Kier alpha value is -0.880. The second-order valence-corrected chi connectivity index (χ2v) is 1.16. The molecule has 0 N–H and O–H groups in total. The van der Waals surface area contributed by atoms with Gasteiger partial charge in [-0.15, -0.1) is 0 Å². The van der Waals surface area contributed by atoms with Crippen molar-refractivity contribution in [3.8, 4) is 0 Å². The zero-order valence-electron chi connectivity index (χ0n) is 4.18. The van der Waals surface area contributed by atoms with E-state index in [1.54, 1.807) is 0 Å². The van der Waals surface area contributed by atoms with E-state index in [0.717, 1.165) is 0 Å². The highest BCUT2D eigenvalue weighted by Gasteiger charge is 2.41. The molecular formula is C3F6O. The molecule has 10 heavy (non-hydrogen) atoms. The molecule has 0 unspecified atom stereocenters. The van der Waals surface area contributed by atoms with Gasteiger partial charge < -0.3 is 0 Å². The predicted octanol–water partition coefficient (Wildman–Crippen LogP) is 2.56. The Morgan fingerprint density at radius 1 is 1.10 bits per heavy atom. The van der Waals surface area contributed by atoms with Crippen molar-refractivity contribution in [2.45, 2.75) is 6.18 Å². The van der Waals surface area contributed by atoms with Gasteiger partial charge in [-0.2, -0.15) is 22.0 Å². The molecule has 7 heteroatoms. The maximum absolute atomic E-state index is 11.1. The van der Waals surface area contributed by atoms with Crippen molar-refractivity contribution < 1.29 is 31.4 Å². The number of halogens is 6. The zero-order chi connectivity index (χ0) is 8.36. The molecule has 0 aromatic heterocycles. The molecule has 1 nitrogen and oxygen atoms in total. The van der Waals surface area contributed by atoms with Crippen LogP contribution in [0.2, 0.25) is 0 Å². The van der Waals surface area contributed by atoms with E-state index in [-0.39, 0.29) is 0 Å². The van der Waals surface area contributed by atoms with E-state index in [1.165, 1.54) is 0 Å². The first-order chi connectivity index (χ1) is 4.39. The zero-order valence-corrected chi connectivity index (χ0v) is 4.18. The molecule has 0 spiro atoms. The minimum absolute atomic E-state index is 1.88. The average molecular weight is 166 g/mol. The van der Waals surface area contributed by atoms with Gasteiger partial charge >= 0.3 is 18.0 Å². The van der Waals surface area contributed by atoms with Crippen molar-refractivity contribution in [3.63, 3.8) is 0 Å². The normalized spacial score (nSPS) is 11.0. The summed E-state index contributed by atoms with van der Waals surface area (Å²) in [5, 5.41) is 0. The Balaban J connectivity index is 4.55. The van der Waals surface area contributed by atoms with Gasteiger partial charge in [-0.25, -0.2) is 0 Å². The minimum Gasteiger partial charge on any atom is -0.283 e. The Kier molecular flexibility index (Phi) is 2.56. The molecule has 0 saturated carbocycles. The summed E-state index contributed by atoms with van der Waals surface area (Å²) in [5.41, 5.74) is 0. The largest absolute Gasteiger partial charge is 0.459 e. The second-order valence-electron chi connectivity index (χ2n) is 1.16. The smallest absolute Gasteiger partial charge is 0.283 e. The molecule has 0 heterocycles. The van der Waals surface area contributed by atoms with Gasteiger partial charge in [0.1, 0.15) is 0 Å². The molecular weight excluding hydrogens is 166 g/mol. The van der Waals surface area contributed by atoms with E-state index in [2.05, 4.69) is 0 Å². The molecule has 0 saturated heterocycles. The van der Waals surface area contributed by atoms with Crippen LogP contribution in [0.25, 0.3) is 0 Å². The lowest BCUT2D eigenvalue weighted by atomic mass is 10.5. The first-order valence-electron chi connectivity index (χ1n) is 1.80. The Labute approximate surface area is 50.8 Å². The maximum atomic E-state index is 11.1. The van der Waals surface area contributed by atoms with Crippen LogP contribution in [-0.4, -0.2) is 6.18 Å². The van der Waals surface area contributed by atoms with Gasteiger partial charge in [-0.3, -0.25) is 4.94 Å². The summed E-state index contributed by atoms with van der Waals surface area (Å²) in [7, 11) is 0. The van der Waals surface area contributed by atoms with Crippen molar-refractivity contribution in [2.75, 3.05) is 0 Å². The third-order valence-electron chi connectivity index (χ3n) is 0.506. The van der Waals surface area contributed by atoms with Crippen LogP contribution in [0.5, 0.6) is 0 Å². The van der Waals surface area contributed by atoms with Crippen LogP contribution in [0, 0.1) is 0 Å². The molecule has 0 aliphatic carbocycles. The molecule has 0 atom stereocenters. The van der Waals surface area contributed by atoms with Crippen molar-refractivity contribution >= 4 is 0 Å². The maximum Gasteiger partial charge on any atom is 0.459 e. The summed E-state index contributed by atoms with van der Waals surface area (Å²) in [5.74, 6) is -2.91. The average Bonchev–Trinajstić information content (AvgIpc) is 1.60. The van der Waals surface area contributed by atoms with Crippen LogP contribution in [0.3, 0.4) is 0 Å². The van der Waals surface area contributed by atoms with Crippen LogP contribution in [0.4, 0.5) is 26.5 Å². The Morgan fingerprint density at radius 2 is 1.50 bits per heavy atom. The quantitative estimate of drug-likeness (QED) is 0.429. The van der Waals surface area contributed by atoms with Crippen LogP contribution in [0.1, 0.15) is 0 Å². The van der Waals surface area contributed by atoms with E-state index in [4.69, 9.17) is 0 Å². The summed E-state index contributed by atoms with van der Waals surface area (Å²) in [4.78, 5) is 1.88. The fraction of sp³-hybridized carbons (Fsp3) is 0.333. The van der Waals surface area contributed by atoms with E-state index in [0.29, 0.717) is 0 Å². The third kappa shape index (κ3) is 2.16. The van der Waals surface area contributed by atoms with E-state index < -0.39 is 18.0 Å². The number of allylic oxidation sites excluding steroid dienone is 1. The molecule has 0 aliphatic rings. The fourth-order valence-corrected chi connectivity index (χ4v) is 0.180. The summed E-state index contributed by atoms with van der Waals surface area (Å²) < 4.78 is 65.8. The minimum atomic E-state index is -5.48. The van der Waals surface area contributed by atoms with Crippen LogP contribution in [-0.2, 0) is 4.94 Å². The molecule has 60 valence electrons. The first kappa shape index (κ1) is 9.12. The summed E-state index contributed by atoms with van der Waals surface area (Å²) >= 11 is 0. The molecule has 0 aromatic rings. The number of hydrogen-bond acceptors (Lipinski definition) is 1. The molecule has 0 amide bonds. The number of alkyl halides is 3. The number of hydrogen-bond donors (Lipinski definition) is 0. The lowest BCUT2D eigenvalue weighted by molar-refractivity contribution is -0.199. The molecule has 0 aliphatic heterocycles. The van der Waals surface area contributed by atoms with Gasteiger partial charge in [0.2, 0.25) is 0 Å². The van der Waals surface area contributed by atoms with Gasteiger partial charge in [0.05, 0.1) is 0 Å². The second kappa shape index (κ2) is 2.80. The van der Waals surface area contributed by atoms with Gasteiger partial charge in [0.25, 0.3) is 0 Å². The molecule has 0 aromatic carbocycles. The Bertz CT molecular complexity index is 142. The van der Waals surface area contributed by atoms with Gasteiger partial charge in [-0.05, 0) is 0 Å². The molecule has 0 bridgehead atoms. The van der Waals surface area contributed by atoms with Gasteiger partial charge in [0, 0.05) is 4.53 Å². The summed E-state index contributed by atoms with van der Waals surface area (Å²) in [6.07, 6.45) is -8.72. The topological polar surface area (TPSA) is 9.23 Å². The predicted molar refractivity (Wildman–Crippen MR) is 17.5 cm³/mol. The summed E-state index contributed by atoms with van der Waals surface area (Å²) in [6.45, 7) is 0. The van der Waals surface area contributed by atoms with E-state index in [1.807, 2.05) is 4.94 Å². The van der Waals surface area contributed by atoms with Crippen LogP contribution in [0.15, 0.2) is 11.8 Å². The van der Waals surface area contributed by atoms with E-state index in [9.17, 15) is 26.5 Å². The van der Waals surface area contributed by atoms with Crippen molar-refractivity contribution in [3.05, 3.63) is 11.8 Å². The third-order valence-corrected chi connectivity index (χ3v) is 0.506. The molecule has 0 fully saturated rings. The van der Waals surface area contributed by atoms with Crippen molar-refractivity contribution in [1.82, 2.24) is 0 Å². The summed E-state index contributed by atoms with van der Waals surface area (Å²) in [6, 6.07) is 0. The van der Waals surface area contributed by atoms with Crippen LogP contribution >= 0.6 is 0 Å². The first-order valence-corrected chi connectivity index (χ1v) is 1.80. The number of rotatable bonds is 1. The fourth-order valence-electron chi connectivity index (χ4n) is 0.180. The standard InChI is InChI=1S/C3F6O/c4-2(5)1(10-9)3(6,7)8. The van der Waals surface area contributed by atoms with Crippen molar-refractivity contribution in [2.24, 2.45) is 0 Å². The van der Waals surface area contributed by atoms with Crippen molar-refractivity contribution in [1.29, 1.82) is 0 Å². The van der Waals surface area contributed by atoms with Crippen LogP contribution < -0.4 is 0 Å². The highest BCUT2D eigenvalue weighted by atomic mass is 19.4. The van der Waals surface area contributed by atoms with E-state index >= 15 is 0 Å². The van der Waals surface area contributed by atoms with Gasteiger partial charge in [-0.1, -0.05) is 0 Å². The Morgan fingerprint density at radius 3 is 1.50 bits per heavy atom. The molecule has 0 rings (SSSR count). The highest BCUT2D eigenvalue weighted by molar-refractivity contribution is 4.99. The molecule has 0 radical (unpaired) electrons. The SMILES string of the molecule is FOC(=C(F)F)C(F)(F)F. The lowest BCUT2D eigenvalue weighted by Crippen LogP contribution is -2.12. The highest BCUT2D eigenvalue weighted by Crippen LogP contribution is 2.30. The monoisotopic (exact) mass is 166 g/mol. The van der Waals surface area contributed by atoms with Gasteiger partial charge in [0.15, 0.2) is 0 Å².